The fraction of sp³-hybridized carbons (Fsp3) is 0.811. The molecule has 1 saturated heterocycles. The predicted octanol–water partition coefficient (Wildman–Crippen LogP) is 11.9. The molecule has 1 unspecified atom stereocenters. The van der Waals surface area contributed by atoms with Gasteiger partial charge in [0.1, 0.15) is 5.75 Å². The Hall–Kier alpha value is -1.16. The van der Waals surface area contributed by atoms with Crippen LogP contribution in [0.3, 0.4) is 0 Å². The number of hydrogen-bond donors (Lipinski definition) is 1. The molecule has 1 atom stereocenters. The number of carboxylic acid groups (broad SMARTS) is 1. The van der Waals surface area contributed by atoms with Gasteiger partial charge < -0.3 is 18.7 Å². The molecule has 0 spiro atoms. The van der Waals surface area contributed by atoms with E-state index in [1.807, 2.05) is 0 Å². The summed E-state index contributed by atoms with van der Waals surface area (Å²) in [6, 6.07) is 2.20. The lowest BCUT2D eigenvalue weighted by Gasteiger charge is -2.35. The zero-order valence-corrected chi connectivity index (χ0v) is 30.0. The van der Waals surface area contributed by atoms with Crippen LogP contribution in [0, 0.1) is 0 Å². The molecule has 1 fully saturated rings. The summed E-state index contributed by atoms with van der Waals surface area (Å²) in [7, 11) is -1.49. The van der Waals surface area contributed by atoms with Crippen molar-refractivity contribution in [3.8, 4) is 5.75 Å². The standard InChI is InChI=1S/C37H65O5P/c1-9-11-12-13-14-15-16-17-18-19-20-21-22-23-24-25-30(35(38)39)32-29(10-2)28-31(36(3,4)5)34(33(32)37(6,7)8)42-43-40-26-27-41-43/h28,30H,9-27H2,1-8H3,(H,38,39). The van der Waals surface area contributed by atoms with Crippen molar-refractivity contribution in [3.05, 3.63) is 28.3 Å². The lowest BCUT2D eigenvalue weighted by Crippen LogP contribution is -2.26. The number of carboxylic acids is 1. The third-order valence-corrected chi connectivity index (χ3v) is 9.85. The van der Waals surface area contributed by atoms with Crippen molar-refractivity contribution < 1.29 is 23.5 Å². The minimum atomic E-state index is -1.49. The highest BCUT2D eigenvalue weighted by molar-refractivity contribution is 7.42. The van der Waals surface area contributed by atoms with Gasteiger partial charge >= 0.3 is 14.6 Å². The van der Waals surface area contributed by atoms with E-state index in [1.165, 1.54) is 83.5 Å². The zero-order chi connectivity index (χ0) is 31.9. The summed E-state index contributed by atoms with van der Waals surface area (Å²) in [5.41, 5.74) is 3.68. The highest BCUT2D eigenvalue weighted by atomic mass is 31.2. The van der Waals surface area contributed by atoms with E-state index >= 15 is 0 Å². The van der Waals surface area contributed by atoms with E-state index in [4.69, 9.17) is 13.6 Å². The molecular formula is C37H65O5P. The molecule has 0 bridgehead atoms. The molecule has 1 aliphatic rings. The average Bonchev–Trinajstić information content (AvgIpc) is 3.44. The van der Waals surface area contributed by atoms with Crippen molar-refractivity contribution >= 4 is 14.6 Å². The Morgan fingerprint density at radius 3 is 1.65 bits per heavy atom. The third kappa shape index (κ3) is 13.0. The normalized spacial score (nSPS) is 15.3. The fourth-order valence-electron chi connectivity index (χ4n) is 6.32. The van der Waals surface area contributed by atoms with Gasteiger partial charge in [0.15, 0.2) is 0 Å². The first-order valence-corrected chi connectivity index (χ1v) is 18.7. The first-order valence-electron chi connectivity index (χ1n) is 17.6. The number of hydrogen-bond acceptors (Lipinski definition) is 4. The van der Waals surface area contributed by atoms with Crippen LogP contribution in [-0.2, 0) is 31.1 Å². The zero-order valence-electron chi connectivity index (χ0n) is 29.1. The number of aliphatic carboxylic acids is 1. The Labute approximate surface area is 266 Å². The Kier molecular flexibility index (Phi) is 17.1. The molecule has 5 nitrogen and oxygen atoms in total. The Morgan fingerprint density at radius 1 is 0.791 bits per heavy atom. The van der Waals surface area contributed by atoms with Gasteiger partial charge in [-0.25, -0.2) is 0 Å². The number of aryl methyl sites for hydroxylation is 1. The summed E-state index contributed by atoms with van der Waals surface area (Å²) >= 11 is 0. The van der Waals surface area contributed by atoms with Gasteiger partial charge in [-0.2, -0.15) is 0 Å². The lowest BCUT2D eigenvalue weighted by molar-refractivity contribution is -0.139. The molecule has 1 aliphatic heterocycles. The molecular weight excluding hydrogens is 555 g/mol. The van der Waals surface area contributed by atoms with Crippen LogP contribution in [0.25, 0.3) is 0 Å². The van der Waals surface area contributed by atoms with Crippen LogP contribution < -0.4 is 4.52 Å². The van der Waals surface area contributed by atoms with Crippen molar-refractivity contribution in [1.29, 1.82) is 0 Å². The highest BCUT2D eigenvalue weighted by Gasteiger charge is 2.37. The van der Waals surface area contributed by atoms with Crippen LogP contribution in [-0.4, -0.2) is 24.3 Å². The molecule has 0 aromatic heterocycles. The van der Waals surface area contributed by atoms with E-state index in [-0.39, 0.29) is 10.8 Å². The fourth-order valence-corrected chi connectivity index (χ4v) is 7.29. The second-order valence-corrected chi connectivity index (χ2v) is 15.8. The van der Waals surface area contributed by atoms with Crippen molar-refractivity contribution in [1.82, 2.24) is 0 Å². The largest absolute Gasteiger partial charge is 0.481 e. The Morgan fingerprint density at radius 2 is 1.26 bits per heavy atom. The van der Waals surface area contributed by atoms with Gasteiger partial charge in [-0.15, -0.1) is 0 Å². The summed E-state index contributed by atoms with van der Waals surface area (Å²) in [5.74, 6) is -0.525. The molecule has 1 aromatic carbocycles. The third-order valence-electron chi connectivity index (χ3n) is 8.73. The molecule has 0 saturated carbocycles. The average molecular weight is 621 g/mol. The first kappa shape index (κ1) is 38.0. The summed E-state index contributed by atoms with van der Waals surface area (Å²) in [6.07, 6.45) is 21.0. The summed E-state index contributed by atoms with van der Waals surface area (Å²) < 4.78 is 18.0. The molecule has 0 amide bonds. The summed E-state index contributed by atoms with van der Waals surface area (Å²) in [4.78, 5) is 12.9. The van der Waals surface area contributed by atoms with E-state index in [2.05, 4.69) is 61.5 Å². The smallest absolute Gasteiger partial charge is 0.397 e. The predicted molar refractivity (Wildman–Crippen MR) is 183 cm³/mol. The minimum Gasteiger partial charge on any atom is -0.481 e. The van der Waals surface area contributed by atoms with Crippen LogP contribution in [0.1, 0.15) is 186 Å². The van der Waals surface area contributed by atoms with Gasteiger partial charge in [-0.1, -0.05) is 158 Å². The second kappa shape index (κ2) is 19.4. The highest BCUT2D eigenvalue weighted by Crippen LogP contribution is 2.53. The van der Waals surface area contributed by atoms with E-state index in [0.29, 0.717) is 19.6 Å². The number of rotatable bonds is 21. The van der Waals surface area contributed by atoms with Crippen molar-refractivity contribution in [3.63, 3.8) is 0 Å². The molecule has 1 N–H and O–H groups in total. The molecule has 0 radical (unpaired) electrons. The molecule has 0 aliphatic carbocycles. The number of unbranched alkanes of at least 4 members (excludes halogenated alkanes) is 14. The van der Waals surface area contributed by atoms with Gasteiger partial charge in [0.25, 0.3) is 0 Å². The second-order valence-electron chi connectivity index (χ2n) is 14.7. The summed E-state index contributed by atoms with van der Waals surface area (Å²) in [5, 5.41) is 10.6. The van der Waals surface area contributed by atoms with E-state index in [1.54, 1.807) is 0 Å². The Bertz CT molecular complexity index is 940. The monoisotopic (exact) mass is 620 g/mol. The first-order chi connectivity index (χ1) is 20.4. The van der Waals surface area contributed by atoms with Crippen molar-refractivity contribution in [2.75, 3.05) is 13.2 Å². The van der Waals surface area contributed by atoms with E-state index in [9.17, 15) is 9.90 Å². The quantitative estimate of drug-likeness (QED) is 0.109. The maximum Gasteiger partial charge on any atom is 0.397 e. The number of benzene rings is 1. The van der Waals surface area contributed by atoms with Crippen LogP contribution >= 0.6 is 8.60 Å². The minimum absolute atomic E-state index is 0.181. The maximum absolute atomic E-state index is 12.9. The van der Waals surface area contributed by atoms with Crippen LogP contribution in [0.4, 0.5) is 0 Å². The van der Waals surface area contributed by atoms with Gasteiger partial charge in [0.2, 0.25) is 0 Å². The summed E-state index contributed by atoms with van der Waals surface area (Å²) in [6.45, 7) is 18.5. The molecule has 43 heavy (non-hydrogen) atoms. The van der Waals surface area contributed by atoms with E-state index < -0.39 is 20.5 Å². The molecule has 248 valence electrons. The Balaban J connectivity index is 2.03. The van der Waals surface area contributed by atoms with Gasteiger partial charge in [-0.3, -0.25) is 4.79 Å². The van der Waals surface area contributed by atoms with Crippen LogP contribution in [0.15, 0.2) is 6.07 Å². The molecule has 6 heteroatoms. The van der Waals surface area contributed by atoms with Crippen LogP contribution in [0.2, 0.25) is 0 Å². The maximum atomic E-state index is 12.9. The number of carbonyl (C=O) groups is 1. The van der Waals surface area contributed by atoms with Gasteiger partial charge in [0, 0.05) is 11.1 Å². The van der Waals surface area contributed by atoms with Gasteiger partial charge in [-0.05, 0) is 34.8 Å². The SMILES string of the molecule is CCCCCCCCCCCCCCCCCC(C(=O)O)c1c(CC)cc(C(C)(C)C)c(OP2OCCO2)c1C(C)(C)C. The van der Waals surface area contributed by atoms with Crippen LogP contribution in [0.5, 0.6) is 5.75 Å². The lowest BCUT2D eigenvalue weighted by atomic mass is 9.72. The molecule has 2 rings (SSSR count). The van der Waals surface area contributed by atoms with Gasteiger partial charge in [0.05, 0.1) is 19.1 Å². The van der Waals surface area contributed by atoms with E-state index in [0.717, 1.165) is 47.3 Å². The molecule has 1 aromatic rings. The van der Waals surface area contributed by atoms with Crippen molar-refractivity contribution in [2.24, 2.45) is 0 Å². The topological polar surface area (TPSA) is 65.0 Å². The van der Waals surface area contributed by atoms with Crippen molar-refractivity contribution in [2.45, 2.75) is 181 Å². The molecule has 1 heterocycles.